The van der Waals surface area contributed by atoms with E-state index in [4.69, 9.17) is 5.73 Å². The molecule has 0 aliphatic carbocycles. The zero-order chi connectivity index (χ0) is 14.5. The van der Waals surface area contributed by atoms with Crippen LogP contribution in [0.25, 0.3) is 0 Å². The molecule has 1 atom stereocenters. The number of sulfone groups is 1. The molecule has 0 saturated carbocycles. The van der Waals surface area contributed by atoms with E-state index in [1.165, 1.54) is 24.3 Å². The number of nitrogens with zero attached hydrogens (tertiary/aromatic N) is 1. The quantitative estimate of drug-likeness (QED) is 0.608. The van der Waals surface area contributed by atoms with Crippen LogP contribution in [0.3, 0.4) is 0 Å². The Morgan fingerprint density at radius 1 is 1.32 bits per heavy atom. The number of nitro groups is 1. The second-order valence-corrected chi connectivity index (χ2v) is 6.65. The van der Waals surface area contributed by atoms with Crippen molar-refractivity contribution >= 4 is 15.5 Å². The van der Waals surface area contributed by atoms with Crippen LogP contribution >= 0.6 is 0 Å². The Hall–Kier alpha value is -1.47. The smallest absolute Gasteiger partial charge is 0.269 e. The maximum absolute atomic E-state index is 11.8. The van der Waals surface area contributed by atoms with Crippen molar-refractivity contribution in [1.29, 1.82) is 0 Å². The Kier molecular flexibility index (Phi) is 5.44. The Balaban J connectivity index is 2.72. The summed E-state index contributed by atoms with van der Waals surface area (Å²) in [6, 6.07) is 5.00. The molecule has 0 fully saturated rings. The molecule has 106 valence electrons. The number of hydrogen-bond donors (Lipinski definition) is 1. The van der Waals surface area contributed by atoms with Crippen molar-refractivity contribution < 1.29 is 13.3 Å². The van der Waals surface area contributed by atoms with Gasteiger partial charge in [0, 0.05) is 18.2 Å². The van der Waals surface area contributed by atoms with Crippen LogP contribution < -0.4 is 5.73 Å². The van der Waals surface area contributed by atoms with Crippen molar-refractivity contribution in [3.63, 3.8) is 0 Å². The monoisotopic (exact) mass is 286 g/mol. The highest BCUT2D eigenvalue weighted by Gasteiger charge is 2.17. The number of benzene rings is 1. The first-order valence-electron chi connectivity index (χ1n) is 6.06. The normalized spacial score (nSPS) is 13.2. The molecule has 19 heavy (non-hydrogen) atoms. The van der Waals surface area contributed by atoms with Gasteiger partial charge in [0.25, 0.3) is 5.69 Å². The molecular weight excluding hydrogens is 268 g/mol. The van der Waals surface area contributed by atoms with Crippen molar-refractivity contribution in [2.75, 3.05) is 11.5 Å². The molecule has 1 aromatic rings. The molecule has 0 aliphatic heterocycles. The van der Waals surface area contributed by atoms with Crippen molar-refractivity contribution in [2.24, 2.45) is 5.73 Å². The molecular formula is C12H18N2O4S. The van der Waals surface area contributed by atoms with Gasteiger partial charge in [0.05, 0.1) is 16.4 Å². The van der Waals surface area contributed by atoms with Crippen LogP contribution in [0.2, 0.25) is 0 Å². The predicted molar refractivity (Wildman–Crippen MR) is 73.6 cm³/mol. The Morgan fingerprint density at radius 2 is 1.89 bits per heavy atom. The molecule has 0 radical (unpaired) electrons. The Labute approximate surface area is 112 Å². The van der Waals surface area contributed by atoms with Crippen LogP contribution in [0.1, 0.15) is 31.4 Å². The summed E-state index contributed by atoms with van der Waals surface area (Å²) in [7, 11) is -3.18. The average Bonchev–Trinajstić information content (AvgIpc) is 2.36. The highest BCUT2D eigenvalue weighted by molar-refractivity contribution is 7.91. The van der Waals surface area contributed by atoms with Crippen molar-refractivity contribution in [1.82, 2.24) is 0 Å². The molecule has 0 saturated heterocycles. The minimum absolute atomic E-state index is 0.0372. The zero-order valence-electron chi connectivity index (χ0n) is 10.8. The molecule has 7 heteroatoms. The minimum atomic E-state index is -3.18. The molecule has 6 nitrogen and oxygen atoms in total. The summed E-state index contributed by atoms with van der Waals surface area (Å²) in [6.45, 7) is 1.92. The lowest BCUT2D eigenvalue weighted by atomic mass is 10.1. The third-order valence-electron chi connectivity index (χ3n) is 2.77. The number of nitro benzene ring substituents is 1. The van der Waals surface area contributed by atoms with Crippen LogP contribution in [0.5, 0.6) is 0 Å². The first-order valence-corrected chi connectivity index (χ1v) is 7.88. The van der Waals surface area contributed by atoms with Gasteiger partial charge in [-0.05, 0) is 12.0 Å². The van der Waals surface area contributed by atoms with Gasteiger partial charge in [-0.25, -0.2) is 8.42 Å². The van der Waals surface area contributed by atoms with E-state index >= 15 is 0 Å². The third kappa shape index (κ3) is 4.96. The minimum Gasteiger partial charge on any atom is -0.323 e. The number of non-ortho nitro benzene ring substituents is 1. The SMILES string of the molecule is CCCCS(=O)(=O)CC(N)c1ccc([N+](=O)[O-])cc1. The summed E-state index contributed by atoms with van der Waals surface area (Å²) in [6.07, 6.45) is 1.43. The van der Waals surface area contributed by atoms with E-state index in [-0.39, 0.29) is 17.2 Å². The van der Waals surface area contributed by atoms with E-state index < -0.39 is 20.8 Å². The number of hydrogen-bond acceptors (Lipinski definition) is 5. The van der Waals surface area contributed by atoms with E-state index in [1.807, 2.05) is 6.92 Å². The summed E-state index contributed by atoms with van der Waals surface area (Å²) in [4.78, 5) is 10.0. The summed E-state index contributed by atoms with van der Waals surface area (Å²) < 4.78 is 23.5. The molecule has 1 aromatic carbocycles. The molecule has 2 N–H and O–H groups in total. The molecule has 0 heterocycles. The van der Waals surface area contributed by atoms with E-state index in [2.05, 4.69) is 0 Å². The van der Waals surface area contributed by atoms with Crippen LogP contribution in [-0.4, -0.2) is 24.8 Å². The van der Waals surface area contributed by atoms with Gasteiger partial charge in [-0.15, -0.1) is 0 Å². The molecule has 0 aromatic heterocycles. The third-order valence-corrected chi connectivity index (χ3v) is 4.55. The molecule has 0 amide bonds. The Bertz CT molecular complexity index is 525. The molecule has 1 unspecified atom stereocenters. The summed E-state index contributed by atoms with van der Waals surface area (Å²) in [5.41, 5.74) is 6.38. The van der Waals surface area contributed by atoms with Crippen molar-refractivity contribution in [3.8, 4) is 0 Å². The van der Waals surface area contributed by atoms with Gasteiger partial charge in [-0.1, -0.05) is 25.5 Å². The maximum atomic E-state index is 11.8. The first kappa shape index (κ1) is 15.6. The summed E-state index contributed by atoms with van der Waals surface area (Å²) in [5, 5.41) is 10.5. The number of nitrogens with two attached hydrogens (primary N) is 1. The van der Waals surface area contributed by atoms with Crippen LogP contribution in [0.4, 0.5) is 5.69 Å². The molecule has 0 spiro atoms. The van der Waals surface area contributed by atoms with E-state index in [0.717, 1.165) is 6.42 Å². The van der Waals surface area contributed by atoms with Crippen LogP contribution in [0.15, 0.2) is 24.3 Å². The van der Waals surface area contributed by atoms with E-state index in [0.29, 0.717) is 12.0 Å². The lowest BCUT2D eigenvalue weighted by Crippen LogP contribution is -2.23. The standard InChI is InChI=1S/C12H18N2O4S/c1-2-3-8-19(17,18)9-12(13)10-4-6-11(7-5-10)14(15)16/h4-7,12H,2-3,8-9,13H2,1H3. The second-order valence-electron chi connectivity index (χ2n) is 4.42. The zero-order valence-corrected chi connectivity index (χ0v) is 11.6. The second kappa shape index (κ2) is 6.63. The van der Waals surface area contributed by atoms with Crippen molar-refractivity contribution in [2.45, 2.75) is 25.8 Å². The van der Waals surface area contributed by atoms with Gasteiger partial charge >= 0.3 is 0 Å². The van der Waals surface area contributed by atoms with Gasteiger partial charge in [0.1, 0.15) is 0 Å². The predicted octanol–water partition coefficient (Wildman–Crippen LogP) is 1.81. The van der Waals surface area contributed by atoms with Gasteiger partial charge in [-0.2, -0.15) is 0 Å². The molecule has 0 bridgehead atoms. The Morgan fingerprint density at radius 3 is 2.37 bits per heavy atom. The fraction of sp³-hybridized carbons (Fsp3) is 0.500. The largest absolute Gasteiger partial charge is 0.323 e. The van der Waals surface area contributed by atoms with E-state index in [1.54, 1.807) is 0 Å². The topological polar surface area (TPSA) is 103 Å². The first-order chi connectivity index (χ1) is 8.85. The highest BCUT2D eigenvalue weighted by atomic mass is 32.2. The fourth-order valence-electron chi connectivity index (χ4n) is 1.66. The summed E-state index contributed by atoms with van der Waals surface area (Å²) in [5.74, 6) is -0.00497. The lowest BCUT2D eigenvalue weighted by molar-refractivity contribution is -0.384. The van der Waals surface area contributed by atoms with Gasteiger partial charge in [0.2, 0.25) is 0 Å². The molecule has 1 rings (SSSR count). The maximum Gasteiger partial charge on any atom is 0.269 e. The summed E-state index contributed by atoms with van der Waals surface area (Å²) >= 11 is 0. The molecule has 0 aliphatic rings. The van der Waals surface area contributed by atoms with Crippen molar-refractivity contribution in [3.05, 3.63) is 39.9 Å². The van der Waals surface area contributed by atoms with Gasteiger partial charge in [0.15, 0.2) is 9.84 Å². The van der Waals surface area contributed by atoms with Crippen LogP contribution in [-0.2, 0) is 9.84 Å². The van der Waals surface area contributed by atoms with Gasteiger partial charge in [-0.3, -0.25) is 10.1 Å². The average molecular weight is 286 g/mol. The highest BCUT2D eigenvalue weighted by Crippen LogP contribution is 2.18. The van der Waals surface area contributed by atoms with E-state index in [9.17, 15) is 18.5 Å². The number of unbranched alkanes of at least 4 members (excludes halogenated alkanes) is 1. The fourth-order valence-corrected chi connectivity index (χ4v) is 3.30. The number of rotatable bonds is 7. The lowest BCUT2D eigenvalue weighted by Gasteiger charge is -2.12. The van der Waals surface area contributed by atoms with Crippen LogP contribution in [0, 0.1) is 10.1 Å². The van der Waals surface area contributed by atoms with Gasteiger partial charge < -0.3 is 5.73 Å².